The van der Waals surface area contributed by atoms with Crippen molar-refractivity contribution in [3.63, 3.8) is 0 Å². The molecule has 1 amide bonds. The number of carboxylic acids is 1. The molecule has 0 unspecified atom stereocenters. The molecule has 0 radical (unpaired) electrons. The molecule has 126 valence electrons. The van der Waals surface area contributed by atoms with Gasteiger partial charge in [-0.1, -0.05) is 18.2 Å². The number of rotatable bonds is 7. The monoisotopic (exact) mass is 319 g/mol. The van der Waals surface area contributed by atoms with E-state index in [1.54, 1.807) is 0 Å². The highest BCUT2D eigenvalue weighted by atomic mass is 16.5. The van der Waals surface area contributed by atoms with E-state index in [0.717, 1.165) is 17.7 Å². The fourth-order valence-electron chi connectivity index (χ4n) is 2.93. The molecule has 2 N–H and O–H groups in total. The number of para-hydroxylation sites is 1. The summed E-state index contributed by atoms with van der Waals surface area (Å²) >= 11 is 0. The number of benzene rings is 1. The van der Waals surface area contributed by atoms with Gasteiger partial charge in [-0.15, -0.1) is 0 Å². The first-order valence-corrected chi connectivity index (χ1v) is 8.27. The zero-order valence-corrected chi connectivity index (χ0v) is 13.6. The van der Waals surface area contributed by atoms with Gasteiger partial charge >= 0.3 is 5.97 Å². The number of nitrogens with one attached hydrogen (secondary N) is 1. The number of aliphatic carboxylic acids is 1. The molecule has 2 rings (SSSR count). The number of hydrogen-bond donors (Lipinski definition) is 2. The predicted octanol–water partition coefficient (Wildman–Crippen LogP) is 2.77. The Bertz CT molecular complexity index is 536. The Morgan fingerprint density at radius 2 is 1.83 bits per heavy atom. The van der Waals surface area contributed by atoms with Gasteiger partial charge in [0.2, 0.25) is 5.91 Å². The van der Waals surface area contributed by atoms with Crippen LogP contribution < -0.4 is 10.1 Å². The van der Waals surface area contributed by atoms with Gasteiger partial charge in [0.25, 0.3) is 0 Å². The zero-order valence-electron chi connectivity index (χ0n) is 13.6. The molecule has 5 heteroatoms. The minimum absolute atomic E-state index is 0.0390. The molecule has 0 saturated heterocycles. The maximum Gasteiger partial charge on any atom is 0.306 e. The van der Waals surface area contributed by atoms with Crippen molar-refractivity contribution in [3.05, 3.63) is 29.8 Å². The maximum absolute atomic E-state index is 12.1. The molecule has 1 aromatic rings. The molecule has 0 spiro atoms. The summed E-state index contributed by atoms with van der Waals surface area (Å²) in [6.45, 7) is 3.16. The van der Waals surface area contributed by atoms with Crippen molar-refractivity contribution in [2.24, 2.45) is 11.8 Å². The lowest BCUT2D eigenvalue weighted by molar-refractivity contribution is -0.144. The van der Waals surface area contributed by atoms with Crippen molar-refractivity contribution in [2.75, 3.05) is 13.2 Å². The maximum atomic E-state index is 12.1. The molecule has 0 heterocycles. The van der Waals surface area contributed by atoms with Gasteiger partial charge in [0, 0.05) is 12.5 Å². The van der Waals surface area contributed by atoms with E-state index < -0.39 is 5.97 Å². The highest BCUT2D eigenvalue weighted by molar-refractivity contribution is 5.79. The summed E-state index contributed by atoms with van der Waals surface area (Å²) in [7, 11) is 0. The topological polar surface area (TPSA) is 75.6 Å². The van der Waals surface area contributed by atoms with Gasteiger partial charge in [0.05, 0.1) is 12.5 Å². The quantitative estimate of drug-likeness (QED) is 0.758. The molecule has 1 aliphatic carbocycles. The van der Waals surface area contributed by atoms with Crippen molar-refractivity contribution in [3.8, 4) is 5.75 Å². The molecular formula is C18H25NO4. The largest absolute Gasteiger partial charge is 0.493 e. The summed E-state index contributed by atoms with van der Waals surface area (Å²) in [5, 5.41) is 11.9. The summed E-state index contributed by atoms with van der Waals surface area (Å²) in [4.78, 5) is 23.0. The van der Waals surface area contributed by atoms with Crippen LogP contribution in [0.1, 0.15) is 37.7 Å². The Balaban J connectivity index is 1.60. The SMILES string of the molecule is Cc1ccccc1OCCCNC(=O)C1CCC(C(=O)O)CC1. The smallest absolute Gasteiger partial charge is 0.306 e. The minimum atomic E-state index is -0.739. The summed E-state index contributed by atoms with van der Waals surface area (Å²) in [5.41, 5.74) is 1.10. The summed E-state index contributed by atoms with van der Waals surface area (Å²) in [6.07, 6.45) is 3.29. The first kappa shape index (κ1) is 17.3. The van der Waals surface area contributed by atoms with Crippen molar-refractivity contribution in [1.29, 1.82) is 0 Å². The fourth-order valence-corrected chi connectivity index (χ4v) is 2.93. The molecule has 5 nitrogen and oxygen atoms in total. The van der Waals surface area contributed by atoms with Crippen LogP contribution in [-0.4, -0.2) is 30.1 Å². The van der Waals surface area contributed by atoms with Gasteiger partial charge < -0.3 is 15.2 Å². The molecule has 0 aromatic heterocycles. The van der Waals surface area contributed by atoms with Gasteiger partial charge in [-0.05, 0) is 50.7 Å². The third-order valence-corrected chi connectivity index (χ3v) is 4.42. The van der Waals surface area contributed by atoms with Crippen molar-refractivity contribution < 1.29 is 19.4 Å². The van der Waals surface area contributed by atoms with Crippen LogP contribution in [-0.2, 0) is 9.59 Å². The fraction of sp³-hybridized carbons (Fsp3) is 0.556. The lowest BCUT2D eigenvalue weighted by Gasteiger charge is -2.25. The molecule has 0 aliphatic heterocycles. The summed E-state index contributed by atoms with van der Waals surface area (Å²) in [6, 6.07) is 7.86. The van der Waals surface area contributed by atoms with Gasteiger partial charge in [0.1, 0.15) is 5.75 Å². The number of ether oxygens (including phenoxy) is 1. The van der Waals surface area contributed by atoms with Gasteiger partial charge in [-0.3, -0.25) is 9.59 Å². The third kappa shape index (κ3) is 5.27. The van der Waals surface area contributed by atoms with Crippen LogP contribution in [0.5, 0.6) is 5.75 Å². The lowest BCUT2D eigenvalue weighted by Crippen LogP contribution is -2.35. The second-order valence-corrected chi connectivity index (χ2v) is 6.15. The second-order valence-electron chi connectivity index (χ2n) is 6.15. The van der Waals surface area contributed by atoms with Gasteiger partial charge in [-0.25, -0.2) is 0 Å². The molecule has 1 aromatic carbocycles. The van der Waals surface area contributed by atoms with Crippen molar-refractivity contribution in [1.82, 2.24) is 5.32 Å². The van der Waals surface area contributed by atoms with E-state index in [2.05, 4.69) is 5.32 Å². The standard InChI is InChI=1S/C18H25NO4/c1-13-5-2-3-6-16(13)23-12-4-11-19-17(20)14-7-9-15(10-8-14)18(21)22/h2-3,5-6,14-15H,4,7-12H2,1H3,(H,19,20)(H,21,22). The van der Waals surface area contributed by atoms with E-state index in [1.165, 1.54) is 0 Å². The van der Waals surface area contributed by atoms with E-state index in [4.69, 9.17) is 9.84 Å². The molecule has 0 atom stereocenters. The number of amides is 1. The first-order valence-electron chi connectivity index (χ1n) is 8.27. The summed E-state index contributed by atoms with van der Waals surface area (Å²) < 4.78 is 5.69. The Morgan fingerprint density at radius 1 is 1.17 bits per heavy atom. The van der Waals surface area contributed by atoms with E-state index in [-0.39, 0.29) is 17.7 Å². The van der Waals surface area contributed by atoms with Gasteiger partial charge in [0.15, 0.2) is 0 Å². The number of carboxylic acid groups (broad SMARTS) is 1. The predicted molar refractivity (Wildman–Crippen MR) is 87.4 cm³/mol. The highest BCUT2D eigenvalue weighted by Crippen LogP contribution is 2.28. The van der Waals surface area contributed by atoms with Crippen LogP contribution in [0.3, 0.4) is 0 Å². The first-order chi connectivity index (χ1) is 11.1. The Kier molecular flexibility index (Phi) is 6.44. The van der Waals surface area contributed by atoms with Crippen LogP contribution in [0, 0.1) is 18.8 Å². The van der Waals surface area contributed by atoms with Crippen molar-refractivity contribution >= 4 is 11.9 Å². The molecule has 0 bridgehead atoms. The lowest BCUT2D eigenvalue weighted by atomic mass is 9.81. The third-order valence-electron chi connectivity index (χ3n) is 4.42. The number of carbonyl (C=O) groups excluding carboxylic acids is 1. The van der Waals surface area contributed by atoms with Crippen LogP contribution in [0.25, 0.3) is 0 Å². The van der Waals surface area contributed by atoms with Crippen LogP contribution in [0.15, 0.2) is 24.3 Å². The molecule has 1 fully saturated rings. The molecular weight excluding hydrogens is 294 g/mol. The number of aryl methyl sites for hydroxylation is 1. The van der Waals surface area contributed by atoms with E-state index in [1.807, 2.05) is 31.2 Å². The zero-order chi connectivity index (χ0) is 16.7. The Morgan fingerprint density at radius 3 is 2.48 bits per heavy atom. The average molecular weight is 319 g/mol. The van der Waals surface area contributed by atoms with E-state index >= 15 is 0 Å². The van der Waals surface area contributed by atoms with Crippen LogP contribution in [0.2, 0.25) is 0 Å². The van der Waals surface area contributed by atoms with E-state index in [0.29, 0.717) is 38.8 Å². The van der Waals surface area contributed by atoms with Gasteiger partial charge in [-0.2, -0.15) is 0 Å². The van der Waals surface area contributed by atoms with Crippen LogP contribution in [0.4, 0.5) is 0 Å². The number of hydrogen-bond acceptors (Lipinski definition) is 3. The molecule has 23 heavy (non-hydrogen) atoms. The Hall–Kier alpha value is -2.04. The minimum Gasteiger partial charge on any atom is -0.493 e. The van der Waals surface area contributed by atoms with E-state index in [9.17, 15) is 9.59 Å². The average Bonchev–Trinajstić information content (AvgIpc) is 2.56. The van der Waals surface area contributed by atoms with Crippen molar-refractivity contribution in [2.45, 2.75) is 39.0 Å². The Labute approximate surface area is 137 Å². The molecule has 1 aliphatic rings. The highest BCUT2D eigenvalue weighted by Gasteiger charge is 2.29. The van der Waals surface area contributed by atoms with Crippen LogP contribution >= 0.6 is 0 Å². The normalized spacial score (nSPS) is 20.7. The summed E-state index contributed by atoms with van der Waals surface area (Å²) in [5.74, 6) is -0.128. The number of carbonyl (C=O) groups is 2. The molecule has 1 saturated carbocycles. The second kappa shape index (κ2) is 8.56.